The van der Waals surface area contributed by atoms with Gasteiger partial charge in [-0.3, -0.25) is 4.79 Å². The number of hydrazone groups is 1. The van der Waals surface area contributed by atoms with Crippen molar-refractivity contribution in [3.63, 3.8) is 0 Å². The Morgan fingerprint density at radius 2 is 2.11 bits per heavy atom. The Morgan fingerprint density at radius 1 is 1.30 bits per heavy atom. The van der Waals surface area contributed by atoms with Gasteiger partial charge in [-0.25, -0.2) is 5.43 Å². The Hall–Kier alpha value is -2.65. The van der Waals surface area contributed by atoms with Crippen LogP contribution in [0.5, 0.6) is 5.75 Å². The Bertz CT molecular complexity index is 989. The number of thioether (sulfide) groups is 1. The van der Waals surface area contributed by atoms with E-state index >= 15 is 0 Å². The van der Waals surface area contributed by atoms with Crippen molar-refractivity contribution >= 4 is 39.8 Å². The minimum atomic E-state index is -0.279. The second kappa shape index (κ2) is 8.83. The molecule has 27 heavy (non-hydrogen) atoms. The molecule has 0 saturated heterocycles. The van der Waals surface area contributed by atoms with E-state index in [1.807, 2.05) is 35.9 Å². The van der Waals surface area contributed by atoms with Gasteiger partial charge in [0.05, 0.1) is 12.0 Å². The molecule has 2 N–H and O–H groups in total. The number of aromatic nitrogens is 3. The Morgan fingerprint density at radius 3 is 2.89 bits per heavy atom. The molecule has 0 saturated carbocycles. The fourth-order valence-corrected chi connectivity index (χ4v) is 3.36. The lowest BCUT2D eigenvalue weighted by Crippen LogP contribution is -2.19. The van der Waals surface area contributed by atoms with E-state index in [1.54, 1.807) is 24.3 Å². The zero-order valence-electron chi connectivity index (χ0n) is 14.3. The van der Waals surface area contributed by atoms with Crippen molar-refractivity contribution in [3.8, 4) is 17.1 Å². The average molecular weight is 446 g/mol. The predicted molar refractivity (Wildman–Crippen MR) is 109 cm³/mol. The van der Waals surface area contributed by atoms with Gasteiger partial charge in [-0.1, -0.05) is 52.0 Å². The Labute approximate surface area is 168 Å². The highest BCUT2D eigenvalue weighted by atomic mass is 79.9. The monoisotopic (exact) mass is 445 g/mol. The van der Waals surface area contributed by atoms with Crippen LogP contribution in [-0.4, -0.2) is 37.7 Å². The highest BCUT2D eigenvalue weighted by Gasteiger charge is 2.13. The standard InChI is InChI=1S/C18H16BrN5O2S/c1-24-17(12-6-4-7-14(19)9-12)22-23-18(24)27-11-16(26)21-20-10-13-5-2-3-8-15(13)25/h2-10,25H,11H2,1H3,(H,21,26). The maximum Gasteiger partial charge on any atom is 0.250 e. The molecule has 138 valence electrons. The van der Waals surface area contributed by atoms with E-state index in [0.717, 1.165) is 15.9 Å². The topological polar surface area (TPSA) is 92.4 Å². The van der Waals surface area contributed by atoms with Gasteiger partial charge in [-0.15, -0.1) is 10.2 Å². The fourth-order valence-electron chi connectivity index (χ4n) is 2.25. The number of hydrogen-bond acceptors (Lipinski definition) is 6. The van der Waals surface area contributed by atoms with E-state index in [-0.39, 0.29) is 17.4 Å². The third-order valence-corrected chi connectivity index (χ3v) is 5.09. The summed E-state index contributed by atoms with van der Waals surface area (Å²) in [5, 5.41) is 22.5. The van der Waals surface area contributed by atoms with Crippen molar-refractivity contribution in [3.05, 3.63) is 58.6 Å². The first-order valence-electron chi connectivity index (χ1n) is 7.92. The molecule has 2 aromatic carbocycles. The number of hydrogen-bond donors (Lipinski definition) is 2. The Kier molecular flexibility index (Phi) is 6.25. The molecule has 0 fully saturated rings. The SMILES string of the molecule is Cn1c(SCC(=O)NN=Cc2ccccc2O)nnc1-c1cccc(Br)c1. The van der Waals surface area contributed by atoms with Gasteiger partial charge in [0.25, 0.3) is 5.91 Å². The summed E-state index contributed by atoms with van der Waals surface area (Å²) < 4.78 is 2.80. The van der Waals surface area contributed by atoms with E-state index in [9.17, 15) is 9.90 Å². The first-order chi connectivity index (χ1) is 13.0. The quantitative estimate of drug-likeness (QED) is 0.345. The molecule has 0 aliphatic carbocycles. The number of phenolic OH excluding ortho intramolecular Hbond substituents is 1. The summed E-state index contributed by atoms with van der Waals surface area (Å²) in [5.41, 5.74) is 3.89. The second-order valence-electron chi connectivity index (χ2n) is 5.52. The molecule has 0 spiro atoms. The number of nitrogens with one attached hydrogen (secondary N) is 1. The van der Waals surface area contributed by atoms with Crippen LogP contribution in [0.15, 0.2) is 63.3 Å². The minimum Gasteiger partial charge on any atom is -0.507 e. The van der Waals surface area contributed by atoms with Crippen LogP contribution in [0.25, 0.3) is 11.4 Å². The molecule has 3 rings (SSSR count). The number of carbonyl (C=O) groups is 1. The molecule has 1 amide bonds. The molecule has 0 unspecified atom stereocenters. The zero-order chi connectivity index (χ0) is 19.2. The smallest absolute Gasteiger partial charge is 0.250 e. The molecule has 1 aromatic heterocycles. The van der Waals surface area contributed by atoms with Crippen LogP contribution in [0.3, 0.4) is 0 Å². The minimum absolute atomic E-state index is 0.101. The van der Waals surface area contributed by atoms with Crippen LogP contribution in [-0.2, 0) is 11.8 Å². The van der Waals surface area contributed by atoms with Crippen molar-refractivity contribution < 1.29 is 9.90 Å². The maximum absolute atomic E-state index is 12.0. The van der Waals surface area contributed by atoms with Gasteiger partial charge in [-0.05, 0) is 24.3 Å². The number of nitrogens with zero attached hydrogens (tertiary/aromatic N) is 4. The van der Waals surface area contributed by atoms with Crippen molar-refractivity contribution in [2.75, 3.05) is 5.75 Å². The molecular weight excluding hydrogens is 430 g/mol. The van der Waals surface area contributed by atoms with Crippen molar-refractivity contribution in [1.29, 1.82) is 0 Å². The third kappa shape index (κ3) is 4.95. The summed E-state index contributed by atoms with van der Waals surface area (Å²) in [7, 11) is 1.85. The Balaban J connectivity index is 1.57. The summed E-state index contributed by atoms with van der Waals surface area (Å²) in [6.45, 7) is 0. The lowest BCUT2D eigenvalue weighted by Gasteiger charge is -2.04. The van der Waals surface area contributed by atoms with Gasteiger partial charge >= 0.3 is 0 Å². The molecule has 9 heteroatoms. The molecule has 0 atom stereocenters. The number of benzene rings is 2. The largest absolute Gasteiger partial charge is 0.507 e. The maximum atomic E-state index is 12.0. The fraction of sp³-hybridized carbons (Fsp3) is 0.111. The van der Waals surface area contributed by atoms with Gasteiger partial charge < -0.3 is 9.67 Å². The lowest BCUT2D eigenvalue weighted by atomic mass is 10.2. The highest BCUT2D eigenvalue weighted by molar-refractivity contribution is 9.10. The van der Waals surface area contributed by atoms with Gasteiger partial charge in [-0.2, -0.15) is 5.10 Å². The van der Waals surface area contributed by atoms with E-state index in [0.29, 0.717) is 10.7 Å². The zero-order valence-corrected chi connectivity index (χ0v) is 16.7. The lowest BCUT2D eigenvalue weighted by molar-refractivity contribution is -0.118. The first-order valence-corrected chi connectivity index (χ1v) is 9.70. The number of para-hydroxylation sites is 1. The van der Waals surface area contributed by atoms with Crippen LogP contribution in [0.4, 0.5) is 0 Å². The van der Waals surface area contributed by atoms with Crippen LogP contribution in [0, 0.1) is 0 Å². The van der Waals surface area contributed by atoms with Crippen molar-refractivity contribution in [2.45, 2.75) is 5.16 Å². The molecule has 7 nitrogen and oxygen atoms in total. The van der Waals surface area contributed by atoms with Crippen molar-refractivity contribution in [1.82, 2.24) is 20.2 Å². The molecule has 0 aliphatic heterocycles. The molecule has 3 aromatic rings. The van der Waals surface area contributed by atoms with Gasteiger partial charge in [0.1, 0.15) is 5.75 Å². The van der Waals surface area contributed by atoms with Crippen molar-refractivity contribution in [2.24, 2.45) is 12.1 Å². The van der Waals surface area contributed by atoms with Gasteiger partial charge in [0.2, 0.25) is 0 Å². The average Bonchev–Trinajstić information content (AvgIpc) is 3.02. The summed E-state index contributed by atoms with van der Waals surface area (Å²) >= 11 is 4.71. The van der Waals surface area contributed by atoms with Gasteiger partial charge in [0.15, 0.2) is 11.0 Å². The van der Waals surface area contributed by atoms with Gasteiger partial charge in [0, 0.05) is 22.6 Å². The number of amides is 1. The number of rotatable bonds is 6. The molecule has 0 radical (unpaired) electrons. The third-order valence-electron chi connectivity index (χ3n) is 3.58. The summed E-state index contributed by atoms with van der Waals surface area (Å²) in [5.74, 6) is 0.683. The van der Waals surface area contributed by atoms with Crippen LogP contribution < -0.4 is 5.43 Å². The number of phenols is 1. The predicted octanol–water partition coefficient (Wildman–Crippen LogP) is 3.19. The second-order valence-corrected chi connectivity index (χ2v) is 7.37. The molecule has 0 aliphatic rings. The summed E-state index contributed by atoms with van der Waals surface area (Å²) in [6, 6.07) is 14.5. The molecule has 0 bridgehead atoms. The normalized spacial score (nSPS) is 11.0. The van der Waals surface area contributed by atoms with E-state index in [1.165, 1.54) is 18.0 Å². The van der Waals surface area contributed by atoms with E-state index in [4.69, 9.17) is 0 Å². The molecule has 1 heterocycles. The number of halogens is 1. The van der Waals surface area contributed by atoms with E-state index in [2.05, 4.69) is 36.7 Å². The first kappa shape index (κ1) is 19.1. The number of aromatic hydroxyl groups is 1. The van der Waals surface area contributed by atoms with Crippen LogP contribution >= 0.6 is 27.7 Å². The number of carbonyl (C=O) groups excluding carboxylic acids is 1. The summed E-state index contributed by atoms with van der Waals surface area (Å²) in [6.07, 6.45) is 1.39. The van der Waals surface area contributed by atoms with E-state index < -0.39 is 0 Å². The molecular formula is C18H16BrN5O2S. The van der Waals surface area contributed by atoms with Crippen LogP contribution in [0.2, 0.25) is 0 Å². The van der Waals surface area contributed by atoms with Crippen LogP contribution in [0.1, 0.15) is 5.56 Å². The summed E-state index contributed by atoms with van der Waals surface area (Å²) in [4.78, 5) is 12.0. The highest BCUT2D eigenvalue weighted by Crippen LogP contribution is 2.24.